The summed E-state index contributed by atoms with van der Waals surface area (Å²) in [4.78, 5) is 5.00. The molecular weight excluding hydrogens is 222 g/mol. The zero-order chi connectivity index (χ0) is 13.8. The second-order valence-corrected chi connectivity index (χ2v) is 6.78. The monoisotopic (exact) mass is 255 g/mol. The Morgan fingerprint density at radius 1 is 1.33 bits per heavy atom. The first-order valence-corrected chi connectivity index (χ1v) is 7.50. The molecule has 2 N–H and O–H groups in total. The van der Waals surface area contributed by atoms with Crippen LogP contribution >= 0.6 is 0 Å². The molecule has 1 aliphatic heterocycles. The molecular formula is C15H33N3. The molecule has 108 valence electrons. The van der Waals surface area contributed by atoms with Gasteiger partial charge in [-0.25, -0.2) is 0 Å². The van der Waals surface area contributed by atoms with Crippen LogP contribution in [0.2, 0.25) is 0 Å². The lowest BCUT2D eigenvalue weighted by atomic mass is 9.88. The van der Waals surface area contributed by atoms with Crippen molar-refractivity contribution >= 4 is 0 Å². The van der Waals surface area contributed by atoms with E-state index in [9.17, 15) is 0 Å². The molecule has 1 atom stereocenters. The summed E-state index contributed by atoms with van der Waals surface area (Å²) in [5, 5.41) is 0. The molecule has 1 unspecified atom stereocenters. The number of nitrogens with zero attached hydrogens (tertiary/aromatic N) is 2. The van der Waals surface area contributed by atoms with Crippen molar-refractivity contribution in [3.05, 3.63) is 0 Å². The van der Waals surface area contributed by atoms with Gasteiger partial charge in [-0.3, -0.25) is 4.90 Å². The molecule has 0 radical (unpaired) electrons. The number of piperidine rings is 1. The third kappa shape index (κ3) is 4.22. The van der Waals surface area contributed by atoms with Crippen LogP contribution in [0.25, 0.3) is 0 Å². The predicted octanol–water partition coefficient (Wildman–Crippen LogP) is 2.17. The van der Waals surface area contributed by atoms with Gasteiger partial charge >= 0.3 is 0 Å². The van der Waals surface area contributed by atoms with E-state index in [2.05, 4.69) is 44.7 Å². The molecule has 18 heavy (non-hydrogen) atoms. The Kier molecular flexibility index (Phi) is 6.09. The van der Waals surface area contributed by atoms with Gasteiger partial charge in [-0.1, -0.05) is 13.8 Å². The highest BCUT2D eigenvalue weighted by Crippen LogP contribution is 2.27. The molecule has 1 saturated heterocycles. The van der Waals surface area contributed by atoms with Crippen molar-refractivity contribution < 1.29 is 0 Å². The first-order valence-electron chi connectivity index (χ1n) is 7.50. The highest BCUT2D eigenvalue weighted by molar-refractivity contribution is 4.91. The van der Waals surface area contributed by atoms with E-state index >= 15 is 0 Å². The van der Waals surface area contributed by atoms with Crippen LogP contribution in [0.3, 0.4) is 0 Å². The smallest absolute Gasteiger partial charge is 0.0303 e. The third-order valence-corrected chi connectivity index (χ3v) is 4.79. The van der Waals surface area contributed by atoms with E-state index in [0.717, 1.165) is 12.5 Å². The molecule has 0 aromatic heterocycles. The quantitative estimate of drug-likeness (QED) is 0.789. The summed E-state index contributed by atoms with van der Waals surface area (Å²) in [5.74, 6) is 0.766. The summed E-state index contributed by atoms with van der Waals surface area (Å²) in [5.41, 5.74) is 6.25. The van der Waals surface area contributed by atoms with Gasteiger partial charge in [-0.05, 0) is 65.7 Å². The summed E-state index contributed by atoms with van der Waals surface area (Å²) in [6, 6.07) is 0.710. The van der Waals surface area contributed by atoms with Crippen LogP contribution < -0.4 is 5.73 Å². The van der Waals surface area contributed by atoms with E-state index in [0.29, 0.717) is 6.04 Å². The zero-order valence-corrected chi connectivity index (χ0v) is 13.1. The van der Waals surface area contributed by atoms with Gasteiger partial charge in [0.15, 0.2) is 0 Å². The molecule has 3 heteroatoms. The van der Waals surface area contributed by atoms with Crippen LogP contribution in [0.5, 0.6) is 0 Å². The van der Waals surface area contributed by atoms with Gasteiger partial charge < -0.3 is 10.6 Å². The minimum absolute atomic E-state index is 0.171. The van der Waals surface area contributed by atoms with Crippen LogP contribution in [0.15, 0.2) is 0 Å². The number of likely N-dealkylation sites (tertiary alicyclic amines) is 1. The van der Waals surface area contributed by atoms with Crippen LogP contribution in [0, 0.1) is 5.92 Å². The second kappa shape index (κ2) is 6.88. The molecule has 0 amide bonds. The summed E-state index contributed by atoms with van der Waals surface area (Å²) >= 11 is 0. The zero-order valence-electron chi connectivity index (χ0n) is 13.1. The van der Waals surface area contributed by atoms with Crippen LogP contribution in [-0.2, 0) is 0 Å². The highest BCUT2D eigenvalue weighted by Gasteiger charge is 2.33. The van der Waals surface area contributed by atoms with E-state index < -0.39 is 0 Å². The predicted molar refractivity (Wildman–Crippen MR) is 79.8 cm³/mol. The van der Waals surface area contributed by atoms with Gasteiger partial charge in [-0.2, -0.15) is 0 Å². The third-order valence-electron chi connectivity index (χ3n) is 4.79. The fourth-order valence-electron chi connectivity index (χ4n) is 2.85. The number of hydrogen-bond acceptors (Lipinski definition) is 3. The van der Waals surface area contributed by atoms with Crippen molar-refractivity contribution in [3.8, 4) is 0 Å². The van der Waals surface area contributed by atoms with E-state index in [4.69, 9.17) is 5.73 Å². The Balaban J connectivity index is 2.57. The van der Waals surface area contributed by atoms with Gasteiger partial charge in [0.1, 0.15) is 0 Å². The Bertz CT molecular complexity index is 234. The fraction of sp³-hybridized carbons (Fsp3) is 1.00. The Morgan fingerprint density at radius 2 is 1.89 bits per heavy atom. The van der Waals surface area contributed by atoms with E-state index in [-0.39, 0.29) is 5.54 Å². The van der Waals surface area contributed by atoms with Crippen molar-refractivity contribution in [3.63, 3.8) is 0 Å². The van der Waals surface area contributed by atoms with Gasteiger partial charge in [-0.15, -0.1) is 0 Å². The topological polar surface area (TPSA) is 32.5 Å². The molecule has 3 nitrogen and oxygen atoms in total. The number of hydrogen-bond donors (Lipinski definition) is 1. The maximum Gasteiger partial charge on any atom is 0.0303 e. The summed E-state index contributed by atoms with van der Waals surface area (Å²) < 4.78 is 0. The highest BCUT2D eigenvalue weighted by atomic mass is 15.2. The fourth-order valence-corrected chi connectivity index (χ4v) is 2.85. The Morgan fingerprint density at radius 3 is 2.33 bits per heavy atom. The standard InChI is InChI=1S/C15H33N3/c1-13(2)6-9-15(3,12-16)18(5)14-7-10-17(4)11-8-14/h13-14H,6-12,16H2,1-5H3. The Labute approximate surface area is 114 Å². The molecule has 1 rings (SSSR count). The molecule has 1 heterocycles. The van der Waals surface area contributed by atoms with E-state index in [1.54, 1.807) is 0 Å². The Hall–Kier alpha value is -0.120. The van der Waals surface area contributed by atoms with Gasteiger partial charge in [0.2, 0.25) is 0 Å². The first kappa shape index (κ1) is 15.9. The maximum atomic E-state index is 6.08. The van der Waals surface area contributed by atoms with Gasteiger partial charge in [0.25, 0.3) is 0 Å². The minimum Gasteiger partial charge on any atom is -0.329 e. The van der Waals surface area contributed by atoms with E-state index in [1.807, 2.05) is 0 Å². The molecule has 0 spiro atoms. The number of nitrogens with two attached hydrogens (primary N) is 1. The summed E-state index contributed by atoms with van der Waals surface area (Å²) in [6.07, 6.45) is 5.04. The average Bonchev–Trinajstić information content (AvgIpc) is 2.36. The van der Waals surface area contributed by atoms with Crippen molar-refractivity contribution in [1.29, 1.82) is 0 Å². The molecule has 0 bridgehead atoms. The lowest BCUT2D eigenvalue weighted by molar-refractivity contribution is 0.0456. The van der Waals surface area contributed by atoms with E-state index in [1.165, 1.54) is 38.8 Å². The largest absolute Gasteiger partial charge is 0.329 e. The molecule has 0 saturated carbocycles. The molecule has 0 aromatic carbocycles. The van der Waals surface area contributed by atoms with Crippen molar-refractivity contribution in [2.45, 2.75) is 58.0 Å². The number of likely N-dealkylation sites (N-methyl/N-ethyl adjacent to an activating group) is 1. The molecule has 0 aliphatic carbocycles. The van der Waals surface area contributed by atoms with Crippen LogP contribution in [0.1, 0.15) is 46.5 Å². The molecule has 1 fully saturated rings. The van der Waals surface area contributed by atoms with Crippen LogP contribution in [0.4, 0.5) is 0 Å². The van der Waals surface area contributed by atoms with Crippen molar-refractivity contribution in [1.82, 2.24) is 9.80 Å². The second-order valence-electron chi connectivity index (χ2n) is 6.78. The van der Waals surface area contributed by atoms with Gasteiger partial charge in [0, 0.05) is 18.1 Å². The first-order chi connectivity index (χ1) is 8.39. The molecule has 0 aromatic rings. The average molecular weight is 255 g/mol. The minimum atomic E-state index is 0.171. The maximum absolute atomic E-state index is 6.08. The van der Waals surface area contributed by atoms with Crippen molar-refractivity contribution in [2.75, 3.05) is 33.7 Å². The molecule has 1 aliphatic rings. The normalized spacial score (nSPS) is 22.7. The van der Waals surface area contributed by atoms with Gasteiger partial charge in [0.05, 0.1) is 0 Å². The van der Waals surface area contributed by atoms with Crippen LogP contribution in [-0.4, -0.2) is 55.1 Å². The SMILES string of the molecule is CC(C)CCC(C)(CN)N(C)C1CCN(C)CC1. The summed E-state index contributed by atoms with van der Waals surface area (Å²) in [7, 11) is 4.50. The summed E-state index contributed by atoms with van der Waals surface area (Å²) in [6.45, 7) is 10.1. The lowest BCUT2D eigenvalue weighted by Gasteiger charge is -2.46. The lowest BCUT2D eigenvalue weighted by Crippen LogP contribution is -2.56. The van der Waals surface area contributed by atoms with Crippen molar-refractivity contribution in [2.24, 2.45) is 11.7 Å². The number of rotatable bonds is 6.